The van der Waals surface area contributed by atoms with Gasteiger partial charge < -0.3 is 15.0 Å². The van der Waals surface area contributed by atoms with E-state index >= 15 is 0 Å². The Hall–Kier alpha value is -0.910. The van der Waals surface area contributed by atoms with Gasteiger partial charge in [-0.25, -0.2) is 0 Å². The molecule has 4 nitrogen and oxygen atoms in total. The number of carbonyl (C=O) groups is 1. The van der Waals surface area contributed by atoms with Crippen LogP contribution in [-0.2, 0) is 22.5 Å². The monoisotopic (exact) mass is 432 g/mol. The van der Waals surface area contributed by atoms with Crippen molar-refractivity contribution in [3.05, 3.63) is 33.8 Å². The van der Waals surface area contributed by atoms with Gasteiger partial charge >= 0.3 is 0 Å². The lowest BCUT2D eigenvalue weighted by molar-refractivity contribution is -0.137. The van der Waals surface area contributed by atoms with E-state index in [1.807, 2.05) is 0 Å². The summed E-state index contributed by atoms with van der Waals surface area (Å²) in [4.78, 5) is 15.8. The summed E-state index contributed by atoms with van der Waals surface area (Å²) in [7, 11) is 0. The second kappa shape index (κ2) is 6.85. The summed E-state index contributed by atoms with van der Waals surface area (Å²) in [6.45, 7) is 4.86. The lowest BCUT2D eigenvalue weighted by Crippen LogP contribution is -2.42. The maximum absolute atomic E-state index is 13.6. The van der Waals surface area contributed by atoms with Crippen LogP contribution in [0.2, 0.25) is 0 Å². The third kappa shape index (κ3) is 2.97. The molecule has 1 aromatic carbocycles. The molecule has 1 aromatic rings. The molecule has 3 aliphatic heterocycles. The molecular weight excluding hydrogens is 404 g/mol. The van der Waals surface area contributed by atoms with Crippen LogP contribution < -0.4 is 5.32 Å². The second-order valence-corrected chi connectivity index (χ2v) is 9.97. The number of hydrogen-bond acceptors (Lipinski definition) is 3. The van der Waals surface area contributed by atoms with Crippen LogP contribution in [0.15, 0.2) is 22.7 Å². The van der Waals surface area contributed by atoms with Crippen molar-refractivity contribution in [1.29, 1.82) is 0 Å². The number of nitrogens with zero attached hydrogens (tertiary/aromatic N) is 1. The minimum absolute atomic E-state index is 0.146. The number of nitrogens with one attached hydrogen (secondary N) is 1. The molecule has 1 amide bonds. The number of halogens is 1. The number of fused-ring (bicyclic) bond motifs is 2. The SMILES string of the molecule is CC1C2Cc3ccc(Br)cc3CN2C(=O)[C@]12CC[C@@H](NC1CCOCC1)C2. The van der Waals surface area contributed by atoms with E-state index in [2.05, 4.69) is 51.3 Å². The minimum Gasteiger partial charge on any atom is -0.381 e. The summed E-state index contributed by atoms with van der Waals surface area (Å²) in [6, 6.07) is 7.98. The second-order valence-electron chi connectivity index (χ2n) is 9.06. The quantitative estimate of drug-likeness (QED) is 0.774. The maximum Gasteiger partial charge on any atom is 0.229 e. The maximum atomic E-state index is 13.6. The van der Waals surface area contributed by atoms with Gasteiger partial charge in [0, 0.05) is 42.4 Å². The largest absolute Gasteiger partial charge is 0.381 e. The van der Waals surface area contributed by atoms with Crippen molar-refractivity contribution in [1.82, 2.24) is 10.2 Å². The van der Waals surface area contributed by atoms with Crippen molar-refractivity contribution >= 4 is 21.8 Å². The Balaban J connectivity index is 1.34. The Bertz CT molecular complexity index is 748. The van der Waals surface area contributed by atoms with Crippen molar-refractivity contribution in [2.24, 2.45) is 11.3 Å². The Kier molecular flexibility index (Phi) is 4.60. The number of carbonyl (C=O) groups excluding carboxylic acids is 1. The van der Waals surface area contributed by atoms with Gasteiger partial charge in [0.2, 0.25) is 5.91 Å². The molecule has 2 unspecified atom stereocenters. The van der Waals surface area contributed by atoms with Crippen molar-refractivity contribution < 1.29 is 9.53 Å². The molecule has 4 aliphatic rings. The zero-order chi connectivity index (χ0) is 18.6. The molecular formula is C22H29BrN2O2. The minimum atomic E-state index is -0.146. The summed E-state index contributed by atoms with van der Waals surface area (Å²) < 4.78 is 6.60. The molecule has 5 rings (SSSR count). The van der Waals surface area contributed by atoms with Crippen molar-refractivity contribution in [2.75, 3.05) is 13.2 Å². The molecule has 0 radical (unpaired) electrons. The first-order chi connectivity index (χ1) is 13.1. The predicted octanol–water partition coefficient (Wildman–Crippen LogP) is 3.66. The van der Waals surface area contributed by atoms with Gasteiger partial charge in [-0.15, -0.1) is 0 Å². The van der Waals surface area contributed by atoms with Crippen LogP contribution in [-0.4, -0.2) is 42.1 Å². The number of hydrogen-bond donors (Lipinski definition) is 1. The zero-order valence-corrected chi connectivity index (χ0v) is 17.6. The van der Waals surface area contributed by atoms with E-state index in [-0.39, 0.29) is 5.41 Å². The summed E-state index contributed by atoms with van der Waals surface area (Å²) in [6.07, 6.45) is 6.40. The van der Waals surface area contributed by atoms with E-state index in [1.54, 1.807) is 0 Å². The average Bonchev–Trinajstić information content (AvgIpc) is 3.18. The molecule has 27 heavy (non-hydrogen) atoms. The molecule has 4 atom stereocenters. The molecule has 0 bridgehead atoms. The number of benzene rings is 1. The lowest BCUT2D eigenvalue weighted by atomic mass is 9.73. The van der Waals surface area contributed by atoms with Crippen LogP contribution in [0.1, 0.15) is 50.2 Å². The Labute approximate surface area is 170 Å². The fourth-order valence-electron chi connectivity index (χ4n) is 6.12. The predicted molar refractivity (Wildman–Crippen MR) is 108 cm³/mol. The van der Waals surface area contributed by atoms with Crippen LogP contribution in [0.4, 0.5) is 0 Å². The van der Waals surface area contributed by atoms with E-state index in [9.17, 15) is 4.79 Å². The number of ether oxygens (including phenoxy) is 1. The van der Waals surface area contributed by atoms with Gasteiger partial charge in [0.05, 0.1) is 5.41 Å². The van der Waals surface area contributed by atoms with Gasteiger partial charge in [-0.05, 0) is 67.7 Å². The van der Waals surface area contributed by atoms with E-state index in [0.29, 0.717) is 30.0 Å². The van der Waals surface area contributed by atoms with Crippen molar-refractivity contribution in [3.63, 3.8) is 0 Å². The van der Waals surface area contributed by atoms with Gasteiger partial charge in [0.1, 0.15) is 0 Å². The molecule has 0 aromatic heterocycles. The number of rotatable bonds is 2. The normalized spacial score (nSPS) is 36.3. The summed E-state index contributed by atoms with van der Waals surface area (Å²) >= 11 is 3.58. The first-order valence-electron chi connectivity index (χ1n) is 10.5. The zero-order valence-electron chi connectivity index (χ0n) is 16.0. The first-order valence-corrected chi connectivity index (χ1v) is 11.3. The molecule has 146 valence electrons. The van der Waals surface area contributed by atoms with Gasteiger partial charge in [-0.2, -0.15) is 0 Å². The third-order valence-corrected chi connectivity index (χ3v) is 8.21. The van der Waals surface area contributed by atoms with Gasteiger partial charge in [0.15, 0.2) is 0 Å². The highest BCUT2D eigenvalue weighted by Gasteiger charge is 2.60. The van der Waals surface area contributed by atoms with Gasteiger partial charge in [-0.3, -0.25) is 4.79 Å². The molecule has 5 heteroatoms. The smallest absolute Gasteiger partial charge is 0.229 e. The summed E-state index contributed by atoms with van der Waals surface area (Å²) in [5.41, 5.74) is 2.59. The average molecular weight is 433 g/mol. The Morgan fingerprint density at radius 3 is 2.81 bits per heavy atom. The topological polar surface area (TPSA) is 41.6 Å². The molecule has 3 fully saturated rings. The highest BCUT2D eigenvalue weighted by atomic mass is 79.9. The van der Waals surface area contributed by atoms with Crippen LogP contribution in [0.5, 0.6) is 0 Å². The molecule has 1 spiro atoms. The Morgan fingerprint density at radius 1 is 1.19 bits per heavy atom. The van der Waals surface area contributed by atoms with E-state index < -0.39 is 0 Å². The molecule has 3 heterocycles. The molecule has 1 N–H and O–H groups in total. The molecule has 1 aliphatic carbocycles. The molecule has 2 saturated heterocycles. The lowest BCUT2D eigenvalue weighted by Gasteiger charge is -2.33. The highest BCUT2D eigenvalue weighted by Crippen LogP contribution is 2.54. The van der Waals surface area contributed by atoms with Gasteiger partial charge in [0.25, 0.3) is 0 Å². The highest BCUT2D eigenvalue weighted by molar-refractivity contribution is 9.10. The summed E-state index contributed by atoms with van der Waals surface area (Å²) in [5, 5.41) is 3.86. The van der Waals surface area contributed by atoms with E-state index in [1.165, 1.54) is 11.1 Å². The number of amides is 1. The summed E-state index contributed by atoms with van der Waals surface area (Å²) in [5.74, 6) is 0.852. The fourth-order valence-corrected chi connectivity index (χ4v) is 6.53. The fraction of sp³-hybridized carbons (Fsp3) is 0.682. The van der Waals surface area contributed by atoms with Crippen molar-refractivity contribution in [3.8, 4) is 0 Å². The van der Waals surface area contributed by atoms with Gasteiger partial charge in [-0.1, -0.05) is 28.9 Å². The van der Waals surface area contributed by atoms with Crippen LogP contribution in [0.25, 0.3) is 0 Å². The van der Waals surface area contributed by atoms with E-state index in [4.69, 9.17) is 4.74 Å². The first kappa shape index (κ1) is 18.1. The van der Waals surface area contributed by atoms with E-state index in [0.717, 1.165) is 62.8 Å². The Morgan fingerprint density at radius 2 is 2.00 bits per heavy atom. The molecule has 1 saturated carbocycles. The third-order valence-electron chi connectivity index (χ3n) is 7.72. The van der Waals surface area contributed by atoms with Crippen LogP contribution >= 0.6 is 15.9 Å². The standard InChI is InChI=1S/C22H29BrN2O2/c1-14-20-11-15-2-3-17(23)10-16(15)13-25(20)21(26)22(14)7-4-19(12-22)24-18-5-8-27-9-6-18/h2-3,10,14,18-20,24H,4-9,11-13H2,1H3/t14?,19-,20?,22+/m1/s1. The van der Waals surface area contributed by atoms with Crippen LogP contribution in [0, 0.1) is 11.3 Å². The van der Waals surface area contributed by atoms with Crippen molar-refractivity contribution in [2.45, 2.75) is 70.1 Å². The van der Waals surface area contributed by atoms with Crippen LogP contribution in [0.3, 0.4) is 0 Å².